The molecule has 4 aromatic rings. The van der Waals surface area contributed by atoms with Crippen molar-refractivity contribution in [2.24, 2.45) is 5.92 Å². The molecule has 27 heavy (non-hydrogen) atoms. The second kappa shape index (κ2) is 7.88. The summed E-state index contributed by atoms with van der Waals surface area (Å²) in [6.45, 7) is 4.47. The maximum atomic E-state index is 4.65. The van der Waals surface area contributed by atoms with Crippen molar-refractivity contribution in [3.8, 4) is 0 Å². The van der Waals surface area contributed by atoms with E-state index in [1.54, 1.807) is 17.7 Å². The van der Waals surface area contributed by atoms with E-state index in [0.29, 0.717) is 5.92 Å². The predicted octanol–water partition coefficient (Wildman–Crippen LogP) is 5.66. The summed E-state index contributed by atoms with van der Waals surface area (Å²) in [5.41, 5.74) is 3.32. The maximum absolute atomic E-state index is 4.65. The van der Waals surface area contributed by atoms with Crippen LogP contribution in [-0.2, 0) is 0 Å². The van der Waals surface area contributed by atoms with Gasteiger partial charge in [-0.05, 0) is 35.7 Å². The smallest absolute Gasteiger partial charge is 0.188 e. The Morgan fingerprint density at radius 2 is 1.81 bits per heavy atom. The fraction of sp³-hybridized carbons (Fsp3) is 0.286. The van der Waals surface area contributed by atoms with Crippen LogP contribution in [0.4, 0.5) is 10.8 Å². The van der Waals surface area contributed by atoms with E-state index in [1.807, 2.05) is 29.2 Å². The van der Waals surface area contributed by atoms with E-state index in [4.69, 9.17) is 0 Å². The summed E-state index contributed by atoms with van der Waals surface area (Å²) >= 11 is 1.67. The van der Waals surface area contributed by atoms with Gasteiger partial charge in [0.25, 0.3) is 0 Å². The number of nitrogens with zero attached hydrogens (tertiary/aromatic N) is 4. The van der Waals surface area contributed by atoms with Gasteiger partial charge in [-0.3, -0.25) is 0 Å². The van der Waals surface area contributed by atoms with Crippen LogP contribution in [0, 0.1) is 5.92 Å². The Labute approximate surface area is 163 Å². The van der Waals surface area contributed by atoms with Crippen molar-refractivity contribution in [3.63, 3.8) is 0 Å². The molecule has 5 nitrogen and oxygen atoms in total. The minimum atomic E-state index is 0.207. The number of fused-ring (bicyclic) bond motifs is 1. The van der Waals surface area contributed by atoms with Crippen LogP contribution in [0.25, 0.3) is 10.2 Å². The molecule has 0 aliphatic carbocycles. The Morgan fingerprint density at radius 1 is 1.04 bits per heavy atom. The van der Waals surface area contributed by atoms with Gasteiger partial charge in [0.1, 0.15) is 12.7 Å². The van der Waals surface area contributed by atoms with Gasteiger partial charge in [-0.15, -0.1) is 0 Å². The summed E-state index contributed by atoms with van der Waals surface area (Å²) in [6.07, 6.45) is 5.63. The van der Waals surface area contributed by atoms with Crippen molar-refractivity contribution in [1.29, 1.82) is 0 Å². The molecule has 0 spiro atoms. The monoisotopic (exact) mass is 377 g/mol. The van der Waals surface area contributed by atoms with Crippen molar-refractivity contribution in [3.05, 3.63) is 66.7 Å². The molecule has 0 fully saturated rings. The summed E-state index contributed by atoms with van der Waals surface area (Å²) < 4.78 is 3.17. The molecule has 6 heteroatoms. The fourth-order valence-electron chi connectivity index (χ4n) is 3.55. The summed E-state index contributed by atoms with van der Waals surface area (Å²) in [5.74, 6) is 0.523. The number of nitrogens with one attached hydrogen (secondary N) is 1. The van der Waals surface area contributed by atoms with Crippen LogP contribution >= 0.6 is 11.3 Å². The lowest BCUT2D eigenvalue weighted by Gasteiger charge is -2.26. The Balaban J connectivity index is 1.58. The molecule has 0 aliphatic heterocycles. The van der Waals surface area contributed by atoms with E-state index in [2.05, 4.69) is 64.6 Å². The largest absolute Gasteiger partial charge is 0.332 e. The van der Waals surface area contributed by atoms with Crippen molar-refractivity contribution < 1.29 is 0 Å². The van der Waals surface area contributed by atoms with Gasteiger partial charge in [-0.25, -0.2) is 14.6 Å². The molecule has 0 bridgehead atoms. The molecule has 0 saturated carbocycles. The van der Waals surface area contributed by atoms with E-state index >= 15 is 0 Å². The Morgan fingerprint density at radius 3 is 2.48 bits per heavy atom. The van der Waals surface area contributed by atoms with E-state index in [0.717, 1.165) is 29.2 Å². The van der Waals surface area contributed by atoms with Crippen molar-refractivity contribution in [1.82, 2.24) is 19.7 Å². The van der Waals surface area contributed by atoms with Gasteiger partial charge in [0, 0.05) is 5.69 Å². The second-order valence-corrected chi connectivity index (χ2v) is 7.66. The van der Waals surface area contributed by atoms with Gasteiger partial charge >= 0.3 is 0 Å². The molecular weight excluding hydrogens is 354 g/mol. The summed E-state index contributed by atoms with van der Waals surface area (Å²) in [6, 6.07) is 17.0. The number of hydrogen-bond donors (Lipinski definition) is 1. The summed E-state index contributed by atoms with van der Waals surface area (Å²) in [4.78, 5) is 8.79. The van der Waals surface area contributed by atoms with Crippen molar-refractivity contribution in [2.75, 3.05) is 5.32 Å². The van der Waals surface area contributed by atoms with Crippen LogP contribution < -0.4 is 5.32 Å². The average molecular weight is 378 g/mol. The molecule has 138 valence electrons. The quantitative estimate of drug-likeness (QED) is 0.452. The predicted molar refractivity (Wildman–Crippen MR) is 112 cm³/mol. The zero-order chi connectivity index (χ0) is 18.6. The standard InChI is InChI=1S/C21H23N5S/c1-3-15(4-2)20(26-14-22-13-23-26)16-9-11-17(12-10-16)24-21-25-18-7-5-6-8-19(18)27-21/h5-15,20H,3-4H2,1-2H3,(H,24,25)/t20-/m0/s1. The maximum Gasteiger partial charge on any atom is 0.188 e. The molecule has 1 N–H and O–H groups in total. The molecule has 2 aromatic heterocycles. The number of anilines is 2. The van der Waals surface area contributed by atoms with Crippen molar-refractivity contribution >= 4 is 32.4 Å². The second-order valence-electron chi connectivity index (χ2n) is 6.63. The Hall–Kier alpha value is -2.73. The van der Waals surface area contributed by atoms with Crippen molar-refractivity contribution in [2.45, 2.75) is 32.7 Å². The van der Waals surface area contributed by atoms with Gasteiger partial charge < -0.3 is 5.32 Å². The van der Waals surface area contributed by atoms with Crippen LogP contribution in [0.2, 0.25) is 0 Å². The Bertz CT molecular complexity index is 954. The summed E-state index contributed by atoms with van der Waals surface area (Å²) in [5, 5.41) is 8.74. The molecule has 0 radical (unpaired) electrons. The highest BCUT2D eigenvalue weighted by Crippen LogP contribution is 2.32. The van der Waals surface area contributed by atoms with Gasteiger partial charge in [0.05, 0.1) is 16.3 Å². The lowest BCUT2D eigenvalue weighted by Crippen LogP contribution is -2.20. The Kier molecular flexibility index (Phi) is 5.16. The van der Waals surface area contributed by atoms with Crippen LogP contribution in [0.5, 0.6) is 0 Å². The first kappa shape index (κ1) is 17.7. The lowest BCUT2D eigenvalue weighted by atomic mass is 9.89. The number of aromatic nitrogens is 4. The third-order valence-corrected chi connectivity index (χ3v) is 5.97. The first-order valence-electron chi connectivity index (χ1n) is 9.35. The molecule has 1 atom stereocenters. The zero-order valence-electron chi connectivity index (χ0n) is 15.5. The van der Waals surface area contributed by atoms with E-state index in [1.165, 1.54) is 10.3 Å². The van der Waals surface area contributed by atoms with Gasteiger partial charge in [-0.1, -0.05) is 62.3 Å². The molecule has 2 aromatic carbocycles. The van der Waals surface area contributed by atoms with Gasteiger partial charge in [0.2, 0.25) is 0 Å². The lowest BCUT2D eigenvalue weighted by molar-refractivity contribution is 0.332. The molecule has 2 heterocycles. The van der Waals surface area contributed by atoms with E-state index in [-0.39, 0.29) is 6.04 Å². The molecule has 0 amide bonds. The number of thiazole rings is 1. The summed E-state index contributed by atoms with van der Waals surface area (Å²) in [7, 11) is 0. The SMILES string of the molecule is CCC(CC)[C@@H](c1ccc(Nc2nc3ccccc3s2)cc1)n1cncn1. The van der Waals surface area contributed by atoms with Crippen LogP contribution in [0.1, 0.15) is 38.3 Å². The molecule has 4 rings (SSSR count). The van der Waals surface area contributed by atoms with E-state index in [9.17, 15) is 0 Å². The third kappa shape index (κ3) is 3.71. The number of rotatable bonds is 7. The number of para-hydroxylation sites is 1. The fourth-order valence-corrected chi connectivity index (χ4v) is 4.44. The molecule has 0 unspecified atom stereocenters. The van der Waals surface area contributed by atoms with Gasteiger partial charge in [-0.2, -0.15) is 5.10 Å². The number of benzene rings is 2. The van der Waals surface area contributed by atoms with Crippen LogP contribution in [0.3, 0.4) is 0 Å². The first-order valence-corrected chi connectivity index (χ1v) is 10.2. The minimum absolute atomic E-state index is 0.207. The highest BCUT2D eigenvalue weighted by Gasteiger charge is 2.23. The molecule has 0 saturated heterocycles. The average Bonchev–Trinajstić information content (AvgIpc) is 3.36. The minimum Gasteiger partial charge on any atom is -0.332 e. The number of hydrogen-bond acceptors (Lipinski definition) is 5. The highest BCUT2D eigenvalue weighted by molar-refractivity contribution is 7.22. The van der Waals surface area contributed by atoms with Crippen LogP contribution in [-0.4, -0.2) is 19.7 Å². The molecule has 0 aliphatic rings. The normalized spacial score (nSPS) is 12.6. The first-order chi connectivity index (χ1) is 13.3. The van der Waals surface area contributed by atoms with E-state index < -0.39 is 0 Å². The topological polar surface area (TPSA) is 55.6 Å². The highest BCUT2D eigenvalue weighted by atomic mass is 32.1. The third-order valence-electron chi connectivity index (χ3n) is 5.01. The van der Waals surface area contributed by atoms with Gasteiger partial charge in [0.15, 0.2) is 5.13 Å². The molecular formula is C21H23N5S. The zero-order valence-corrected chi connectivity index (χ0v) is 16.4. The van der Waals surface area contributed by atoms with Crippen LogP contribution in [0.15, 0.2) is 61.2 Å².